The van der Waals surface area contributed by atoms with E-state index in [0.29, 0.717) is 12.3 Å². The fourth-order valence-corrected chi connectivity index (χ4v) is 3.73. The number of hydrogen-bond donors (Lipinski definition) is 0. The average molecular weight is 293 g/mol. The summed E-state index contributed by atoms with van der Waals surface area (Å²) in [6, 6.07) is 10.6. The molecule has 1 saturated carbocycles. The lowest BCUT2D eigenvalue weighted by molar-refractivity contribution is 0.745. The Labute approximate surface area is 127 Å². The van der Waals surface area contributed by atoms with E-state index in [9.17, 15) is 0 Å². The first-order valence-electron chi connectivity index (χ1n) is 7.27. The van der Waals surface area contributed by atoms with Crippen LogP contribution in [0.25, 0.3) is 22.2 Å². The summed E-state index contributed by atoms with van der Waals surface area (Å²) in [5.41, 5.74) is 3.45. The molecular weight excluding hydrogens is 278 g/mol. The van der Waals surface area contributed by atoms with Crippen molar-refractivity contribution >= 4 is 22.2 Å². The van der Waals surface area contributed by atoms with E-state index in [0.717, 1.165) is 12.2 Å². The van der Waals surface area contributed by atoms with Gasteiger partial charge in [-0.2, -0.15) is 5.26 Å². The van der Waals surface area contributed by atoms with Crippen molar-refractivity contribution in [3.63, 3.8) is 0 Å². The molecule has 1 fully saturated rings. The first-order valence-corrected chi connectivity index (χ1v) is 8.15. The zero-order valence-electron chi connectivity index (χ0n) is 11.6. The number of aromatic nitrogens is 2. The van der Waals surface area contributed by atoms with E-state index in [1.54, 1.807) is 11.3 Å². The van der Waals surface area contributed by atoms with Gasteiger partial charge in [0.25, 0.3) is 0 Å². The molecule has 0 radical (unpaired) electrons. The number of benzene rings is 1. The van der Waals surface area contributed by atoms with E-state index in [1.807, 2.05) is 6.07 Å². The van der Waals surface area contributed by atoms with Gasteiger partial charge in [0.15, 0.2) is 0 Å². The predicted octanol–water partition coefficient (Wildman–Crippen LogP) is 4.56. The average Bonchev–Trinajstić information content (AvgIpc) is 3.14. The van der Waals surface area contributed by atoms with Gasteiger partial charge < -0.3 is 4.57 Å². The van der Waals surface area contributed by atoms with Crippen molar-refractivity contribution < 1.29 is 0 Å². The third-order valence-electron chi connectivity index (χ3n) is 3.98. The van der Waals surface area contributed by atoms with E-state index in [2.05, 4.69) is 40.4 Å². The van der Waals surface area contributed by atoms with Crippen LogP contribution in [-0.2, 0) is 6.54 Å². The van der Waals surface area contributed by atoms with E-state index >= 15 is 0 Å². The van der Waals surface area contributed by atoms with Crippen molar-refractivity contribution in [3.05, 3.63) is 40.8 Å². The fourth-order valence-electron chi connectivity index (χ4n) is 2.74. The number of nitrogens with zero attached hydrogens (tertiary/aromatic N) is 3. The summed E-state index contributed by atoms with van der Waals surface area (Å²) in [6.45, 7) is 0.733. The molecule has 4 heteroatoms. The van der Waals surface area contributed by atoms with Gasteiger partial charge in [-0.15, -0.1) is 11.3 Å². The molecule has 0 amide bonds. The number of fused-ring (bicyclic) bond motifs is 1. The molecule has 2 heterocycles. The summed E-state index contributed by atoms with van der Waals surface area (Å²) in [6.07, 6.45) is 5.25. The van der Waals surface area contributed by atoms with E-state index in [-0.39, 0.29) is 0 Å². The highest BCUT2D eigenvalue weighted by Crippen LogP contribution is 2.43. The van der Waals surface area contributed by atoms with Crippen molar-refractivity contribution in [3.8, 4) is 17.3 Å². The van der Waals surface area contributed by atoms with Crippen LogP contribution in [0.5, 0.6) is 0 Å². The molecule has 0 bridgehead atoms. The zero-order valence-corrected chi connectivity index (χ0v) is 12.4. The van der Waals surface area contributed by atoms with Gasteiger partial charge >= 0.3 is 0 Å². The van der Waals surface area contributed by atoms with Crippen LogP contribution in [-0.4, -0.2) is 9.55 Å². The van der Waals surface area contributed by atoms with Gasteiger partial charge in [-0.3, -0.25) is 0 Å². The highest BCUT2D eigenvalue weighted by Gasteiger charge is 2.27. The molecule has 0 N–H and O–H groups in total. The molecule has 104 valence electrons. The van der Waals surface area contributed by atoms with Crippen molar-refractivity contribution in [2.24, 2.45) is 0 Å². The van der Waals surface area contributed by atoms with Gasteiger partial charge in [-0.25, -0.2) is 4.98 Å². The van der Waals surface area contributed by atoms with E-state index < -0.39 is 0 Å². The highest BCUT2D eigenvalue weighted by molar-refractivity contribution is 7.10. The molecular formula is C17H15N3S. The molecule has 4 rings (SSSR count). The summed E-state index contributed by atoms with van der Waals surface area (Å²) in [5, 5.41) is 13.5. The third kappa shape index (κ3) is 2.24. The quantitative estimate of drug-likeness (QED) is 0.707. The molecule has 2 aromatic heterocycles. The SMILES string of the molecule is N#CCCn1cc(-c2csc(C3CC3)n2)c2ccccc21. The van der Waals surface area contributed by atoms with Crippen LogP contribution in [0, 0.1) is 11.3 Å². The van der Waals surface area contributed by atoms with Crippen LogP contribution in [0.15, 0.2) is 35.8 Å². The highest BCUT2D eigenvalue weighted by atomic mass is 32.1. The van der Waals surface area contributed by atoms with Gasteiger partial charge in [0, 0.05) is 40.5 Å². The van der Waals surface area contributed by atoms with Crippen molar-refractivity contribution in [2.75, 3.05) is 0 Å². The summed E-state index contributed by atoms with van der Waals surface area (Å²) >= 11 is 1.78. The molecule has 1 aromatic carbocycles. The second-order valence-electron chi connectivity index (χ2n) is 5.51. The molecule has 1 aliphatic rings. The first kappa shape index (κ1) is 12.6. The normalized spacial score (nSPS) is 14.4. The minimum atomic E-state index is 0.530. The van der Waals surface area contributed by atoms with Gasteiger partial charge in [0.1, 0.15) is 0 Å². The number of nitriles is 1. The Hall–Kier alpha value is -2.12. The van der Waals surface area contributed by atoms with Crippen molar-refractivity contribution in [2.45, 2.75) is 31.7 Å². The summed E-state index contributed by atoms with van der Waals surface area (Å²) < 4.78 is 2.17. The lowest BCUT2D eigenvalue weighted by Crippen LogP contribution is -1.94. The summed E-state index contributed by atoms with van der Waals surface area (Å²) in [7, 11) is 0. The summed E-state index contributed by atoms with van der Waals surface area (Å²) in [4.78, 5) is 4.83. The Morgan fingerprint density at radius 1 is 1.33 bits per heavy atom. The Kier molecular flexibility index (Phi) is 3.01. The maximum Gasteiger partial charge on any atom is 0.0963 e. The molecule has 1 aliphatic carbocycles. The largest absolute Gasteiger partial charge is 0.346 e. The van der Waals surface area contributed by atoms with Crippen molar-refractivity contribution in [1.29, 1.82) is 5.26 Å². The minimum absolute atomic E-state index is 0.530. The number of hydrogen-bond acceptors (Lipinski definition) is 3. The van der Waals surface area contributed by atoms with Gasteiger partial charge in [0.2, 0.25) is 0 Å². The van der Waals surface area contributed by atoms with E-state index in [1.165, 1.54) is 34.3 Å². The predicted molar refractivity (Wildman–Crippen MR) is 85.3 cm³/mol. The molecule has 0 saturated heterocycles. The molecule has 0 atom stereocenters. The maximum atomic E-state index is 8.82. The molecule has 0 aliphatic heterocycles. The fraction of sp³-hybridized carbons (Fsp3) is 0.294. The third-order valence-corrected chi connectivity index (χ3v) is 4.98. The Balaban J connectivity index is 1.81. The topological polar surface area (TPSA) is 41.6 Å². The van der Waals surface area contributed by atoms with Crippen LogP contribution in [0.1, 0.15) is 30.2 Å². The number of para-hydroxylation sites is 1. The van der Waals surface area contributed by atoms with Crippen LogP contribution in [0.4, 0.5) is 0 Å². The monoisotopic (exact) mass is 293 g/mol. The van der Waals surface area contributed by atoms with Crippen LogP contribution >= 0.6 is 11.3 Å². The number of thiazole rings is 1. The molecule has 3 nitrogen and oxygen atoms in total. The molecule has 3 aromatic rings. The Bertz CT molecular complexity index is 833. The maximum absolute atomic E-state index is 8.82. The number of aryl methyl sites for hydroxylation is 1. The molecule has 0 unspecified atom stereocenters. The zero-order chi connectivity index (χ0) is 14.2. The van der Waals surface area contributed by atoms with Crippen molar-refractivity contribution in [1.82, 2.24) is 9.55 Å². The van der Waals surface area contributed by atoms with Crippen LogP contribution in [0.3, 0.4) is 0 Å². The minimum Gasteiger partial charge on any atom is -0.346 e. The second-order valence-corrected chi connectivity index (χ2v) is 6.40. The molecule has 21 heavy (non-hydrogen) atoms. The lowest BCUT2D eigenvalue weighted by atomic mass is 10.1. The van der Waals surface area contributed by atoms with Gasteiger partial charge in [0.05, 0.1) is 23.2 Å². The Morgan fingerprint density at radius 3 is 3.00 bits per heavy atom. The standard InChI is InChI=1S/C17H15N3S/c18-8-3-9-20-10-14(13-4-1-2-5-16(13)20)15-11-21-17(19-15)12-6-7-12/h1-2,4-5,10-12H,3,6-7,9H2. The van der Waals surface area contributed by atoms with Gasteiger partial charge in [-0.05, 0) is 18.9 Å². The van der Waals surface area contributed by atoms with E-state index in [4.69, 9.17) is 10.2 Å². The first-order chi connectivity index (χ1) is 10.4. The van der Waals surface area contributed by atoms with Gasteiger partial charge in [-0.1, -0.05) is 18.2 Å². The van der Waals surface area contributed by atoms with Crippen LogP contribution < -0.4 is 0 Å². The smallest absolute Gasteiger partial charge is 0.0963 e. The second kappa shape index (κ2) is 5.01. The Morgan fingerprint density at radius 2 is 2.19 bits per heavy atom. The lowest BCUT2D eigenvalue weighted by Gasteiger charge is -2.00. The number of rotatable bonds is 4. The summed E-state index contributed by atoms with van der Waals surface area (Å²) in [5.74, 6) is 0.704. The van der Waals surface area contributed by atoms with Crippen LogP contribution in [0.2, 0.25) is 0 Å². The molecule has 0 spiro atoms.